The number of ether oxygens (including phenoxy) is 3. The third kappa shape index (κ3) is 30.7. The number of aliphatic hydroxyl groups is 5. The number of rotatable bonds is 38. The van der Waals surface area contributed by atoms with Crippen LogP contribution < -0.4 is 5.32 Å². The van der Waals surface area contributed by atoms with E-state index in [4.69, 9.17) is 14.2 Å². The van der Waals surface area contributed by atoms with Crippen LogP contribution in [0.1, 0.15) is 168 Å². The van der Waals surface area contributed by atoms with Gasteiger partial charge in [0.2, 0.25) is 5.91 Å². The van der Waals surface area contributed by atoms with Crippen LogP contribution >= 0.6 is 0 Å². The molecule has 61 heavy (non-hydrogen) atoms. The summed E-state index contributed by atoms with van der Waals surface area (Å²) in [5, 5.41) is 53.9. The summed E-state index contributed by atoms with van der Waals surface area (Å²) in [5.41, 5.74) is 0. The number of amides is 1. The molecule has 1 fully saturated rings. The molecule has 0 aliphatic carbocycles. The minimum Gasteiger partial charge on any atom is -0.466 e. The summed E-state index contributed by atoms with van der Waals surface area (Å²) in [7, 11) is 0. The maximum Gasteiger partial charge on any atom is 0.305 e. The third-order valence-electron chi connectivity index (χ3n) is 10.6. The van der Waals surface area contributed by atoms with E-state index in [1.165, 1.54) is 25.7 Å². The number of carbonyl (C=O) groups is 2. The molecular formula is C50H85NO10. The molecule has 1 aliphatic heterocycles. The maximum atomic E-state index is 12.9. The van der Waals surface area contributed by atoms with Crippen molar-refractivity contribution in [3.63, 3.8) is 0 Å². The van der Waals surface area contributed by atoms with Crippen LogP contribution in [0.2, 0.25) is 0 Å². The van der Waals surface area contributed by atoms with Gasteiger partial charge in [-0.2, -0.15) is 0 Å². The molecule has 350 valence electrons. The van der Waals surface area contributed by atoms with Crippen LogP contribution in [0.4, 0.5) is 0 Å². The molecule has 0 saturated carbocycles. The van der Waals surface area contributed by atoms with E-state index in [-0.39, 0.29) is 24.9 Å². The molecule has 6 N–H and O–H groups in total. The van der Waals surface area contributed by atoms with Crippen LogP contribution in [-0.4, -0.2) is 100 Å². The van der Waals surface area contributed by atoms with E-state index in [0.717, 1.165) is 103 Å². The number of hydrogen-bond acceptors (Lipinski definition) is 10. The van der Waals surface area contributed by atoms with Gasteiger partial charge in [0.25, 0.3) is 0 Å². The molecule has 0 aromatic heterocycles. The van der Waals surface area contributed by atoms with Crippen LogP contribution in [0, 0.1) is 0 Å². The molecule has 0 radical (unpaired) electrons. The monoisotopic (exact) mass is 860 g/mol. The van der Waals surface area contributed by atoms with Gasteiger partial charge < -0.3 is 45.1 Å². The SMILES string of the molecule is C/C=C/CC/C=C/CC/C=C/C(O)C(COC1OC(CO)C(O)C(O)C1O)NC(=O)CCCCCCC/C=C\CCCCOC(=O)CCCCCCC/C=C\C/C=C\CCC. The highest BCUT2D eigenvalue weighted by Gasteiger charge is 2.44. The molecule has 11 heteroatoms. The molecule has 7 atom stereocenters. The number of hydrogen-bond donors (Lipinski definition) is 6. The lowest BCUT2D eigenvalue weighted by Crippen LogP contribution is -2.60. The Morgan fingerprint density at radius 1 is 0.639 bits per heavy atom. The number of nitrogens with one attached hydrogen (secondary N) is 1. The quantitative estimate of drug-likeness (QED) is 0.0200. The van der Waals surface area contributed by atoms with Gasteiger partial charge in [0.15, 0.2) is 6.29 Å². The molecule has 1 rings (SSSR count). The van der Waals surface area contributed by atoms with Crippen LogP contribution in [0.3, 0.4) is 0 Å². The molecule has 0 spiro atoms. The van der Waals surface area contributed by atoms with Gasteiger partial charge in [0.05, 0.1) is 32.0 Å². The third-order valence-corrected chi connectivity index (χ3v) is 10.6. The highest BCUT2D eigenvalue weighted by molar-refractivity contribution is 5.76. The zero-order valence-corrected chi connectivity index (χ0v) is 37.8. The van der Waals surface area contributed by atoms with Crippen LogP contribution in [0.15, 0.2) is 72.9 Å². The lowest BCUT2D eigenvalue weighted by molar-refractivity contribution is -0.302. The van der Waals surface area contributed by atoms with Gasteiger partial charge in [0.1, 0.15) is 24.4 Å². The van der Waals surface area contributed by atoms with Crippen molar-refractivity contribution in [2.24, 2.45) is 0 Å². The molecule has 0 aromatic carbocycles. The van der Waals surface area contributed by atoms with E-state index < -0.39 is 49.5 Å². The average Bonchev–Trinajstić information content (AvgIpc) is 3.25. The molecule has 0 aromatic rings. The van der Waals surface area contributed by atoms with Crippen molar-refractivity contribution in [2.45, 2.75) is 211 Å². The maximum absolute atomic E-state index is 12.9. The first kappa shape index (κ1) is 56.1. The summed E-state index contributed by atoms with van der Waals surface area (Å²) in [6, 6.07) is -0.856. The van der Waals surface area contributed by atoms with Gasteiger partial charge in [-0.15, -0.1) is 0 Å². The molecule has 0 bridgehead atoms. The summed E-state index contributed by atoms with van der Waals surface area (Å²) in [6.07, 6.45) is 40.1. The summed E-state index contributed by atoms with van der Waals surface area (Å²) in [6.45, 7) is 3.87. The largest absolute Gasteiger partial charge is 0.466 e. The van der Waals surface area contributed by atoms with Gasteiger partial charge in [-0.1, -0.05) is 125 Å². The predicted molar refractivity (Wildman–Crippen MR) is 246 cm³/mol. The smallest absolute Gasteiger partial charge is 0.305 e. The van der Waals surface area contributed by atoms with Crippen molar-refractivity contribution in [1.29, 1.82) is 0 Å². The van der Waals surface area contributed by atoms with Crippen molar-refractivity contribution in [2.75, 3.05) is 19.8 Å². The Labute approximate surface area is 369 Å². The average molecular weight is 860 g/mol. The summed E-state index contributed by atoms with van der Waals surface area (Å²) in [4.78, 5) is 24.9. The number of allylic oxidation sites excluding steroid dienone is 11. The standard InChI is InChI=1S/C50H85NO10/c1-3-5-7-9-11-13-14-15-18-22-26-30-34-38-46(55)59-39-35-31-27-23-19-16-17-21-25-29-33-37-45(54)51-42(43(53)36-32-28-24-20-12-10-8-6-4-2)41-60-50-49(58)48(57)47(56)44(40-52)61-50/h4,6-7,9,12-14,19-20,23,32,36,42-44,47-50,52-53,56-58H,3,5,8,10-11,15-18,21-22,24-31,33-35,37-41H2,1-2H3,(H,51,54)/b6-4+,9-7-,14-13-,20-12+,23-19-,36-32+. The van der Waals surface area contributed by atoms with E-state index in [1.807, 2.05) is 19.1 Å². The van der Waals surface area contributed by atoms with Crippen LogP contribution in [0.25, 0.3) is 0 Å². The van der Waals surface area contributed by atoms with E-state index in [1.54, 1.807) is 6.08 Å². The predicted octanol–water partition coefficient (Wildman–Crippen LogP) is 8.93. The topological polar surface area (TPSA) is 175 Å². The van der Waals surface area contributed by atoms with Crippen molar-refractivity contribution in [1.82, 2.24) is 5.32 Å². The highest BCUT2D eigenvalue weighted by atomic mass is 16.7. The molecule has 1 heterocycles. The Hall–Kier alpha value is -2.90. The van der Waals surface area contributed by atoms with Gasteiger partial charge in [0, 0.05) is 12.8 Å². The fraction of sp³-hybridized carbons (Fsp3) is 0.720. The van der Waals surface area contributed by atoms with Crippen molar-refractivity contribution in [3.05, 3.63) is 72.9 Å². The van der Waals surface area contributed by atoms with Crippen molar-refractivity contribution >= 4 is 11.9 Å². The Kier molecular flexibility index (Phi) is 36.7. The number of unbranched alkanes of at least 4 members (excludes halogenated alkanes) is 15. The normalized spacial score (nSPS) is 20.9. The number of aliphatic hydroxyl groups excluding tert-OH is 5. The summed E-state index contributed by atoms with van der Waals surface area (Å²) >= 11 is 0. The zero-order valence-electron chi connectivity index (χ0n) is 37.8. The van der Waals surface area contributed by atoms with E-state index >= 15 is 0 Å². The molecule has 11 nitrogen and oxygen atoms in total. The second kappa shape index (κ2) is 39.9. The second-order valence-corrected chi connectivity index (χ2v) is 16.1. The minimum absolute atomic E-state index is 0.0770. The van der Waals surface area contributed by atoms with Crippen molar-refractivity contribution in [3.8, 4) is 0 Å². The van der Waals surface area contributed by atoms with Crippen LogP contribution in [-0.2, 0) is 23.8 Å². The fourth-order valence-corrected chi connectivity index (χ4v) is 6.74. The fourth-order valence-electron chi connectivity index (χ4n) is 6.74. The van der Waals surface area contributed by atoms with Gasteiger partial charge in [-0.05, 0) is 103 Å². The molecular weight excluding hydrogens is 775 g/mol. The second-order valence-electron chi connectivity index (χ2n) is 16.1. The van der Waals surface area contributed by atoms with E-state index in [2.05, 4.69) is 66.9 Å². The Balaban J connectivity index is 2.22. The lowest BCUT2D eigenvalue weighted by Gasteiger charge is -2.40. The summed E-state index contributed by atoms with van der Waals surface area (Å²) in [5.74, 6) is -0.310. The van der Waals surface area contributed by atoms with Crippen LogP contribution in [0.5, 0.6) is 0 Å². The van der Waals surface area contributed by atoms with Gasteiger partial charge in [-0.25, -0.2) is 0 Å². The molecule has 1 amide bonds. The highest BCUT2D eigenvalue weighted by Crippen LogP contribution is 2.22. The van der Waals surface area contributed by atoms with Crippen molar-refractivity contribution < 1.29 is 49.3 Å². The number of carbonyl (C=O) groups excluding carboxylic acids is 2. The Morgan fingerprint density at radius 2 is 1.18 bits per heavy atom. The van der Waals surface area contributed by atoms with Gasteiger partial charge in [-0.3, -0.25) is 9.59 Å². The Bertz CT molecular complexity index is 1240. The summed E-state index contributed by atoms with van der Waals surface area (Å²) < 4.78 is 16.5. The van der Waals surface area contributed by atoms with E-state index in [0.29, 0.717) is 25.9 Å². The zero-order chi connectivity index (χ0) is 44.6. The first-order valence-corrected chi connectivity index (χ1v) is 23.7. The molecule has 1 saturated heterocycles. The number of esters is 1. The Morgan fingerprint density at radius 3 is 1.82 bits per heavy atom. The first-order chi connectivity index (χ1) is 29.7. The lowest BCUT2D eigenvalue weighted by atomic mass is 9.99. The first-order valence-electron chi connectivity index (χ1n) is 23.7. The molecule has 1 aliphatic rings. The molecule has 7 unspecified atom stereocenters. The minimum atomic E-state index is -1.59. The van der Waals surface area contributed by atoms with E-state index in [9.17, 15) is 35.1 Å². The van der Waals surface area contributed by atoms with Gasteiger partial charge >= 0.3 is 5.97 Å².